The van der Waals surface area contributed by atoms with Gasteiger partial charge in [-0.15, -0.1) is 4.83 Å². The molecule has 0 saturated carbocycles. The van der Waals surface area contributed by atoms with Crippen molar-refractivity contribution in [1.29, 1.82) is 0 Å². The van der Waals surface area contributed by atoms with Gasteiger partial charge in [-0.05, 0) is 20.8 Å². The molecule has 18 heavy (non-hydrogen) atoms. The van der Waals surface area contributed by atoms with E-state index < -0.39 is 22.0 Å². The van der Waals surface area contributed by atoms with Gasteiger partial charge in [0.05, 0.1) is 0 Å². The molecular weight excluding hydrogens is 262 g/mol. The third-order valence-electron chi connectivity index (χ3n) is 2.18. The summed E-state index contributed by atoms with van der Waals surface area (Å²) in [6.45, 7) is 6.58. The second-order valence-electron chi connectivity index (χ2n) is 5.02. The predicted molar refractivity (Wildman–Crippen MR) is 64.1 cm³/mol. The molecule has 0 unspecified atom stereocenters. The zero-order chi connectivity index (χ0) is 14.0. The normalized spacial score (nSPS) is 18.8. The fourth-order valence-electron chi connectivity index (χ4n) is 1.47. The summed E-state index contributed by atoms with van der Waals surface area (Å²) in [5.74, 6) is 0. The number of carbonyl (C=O) groups excluding carboxylic acids is 1. The molecule has 1 heterocycles. The highest BCUT2D eigenvalue weighted by Gasteiger charge is 2.26. The second kappa shape index (κ2) is 5.39. The number of piperazine rings is 1. The first-order valence-corrected chi connectivity index (χ1v) is 6.98. The number of hydrogen-bond acceptors (Lipinski definition) is 5. The molecule has 0 aromatic carbocycles. The van der Waals surface area contributed by atoms with Crippen molar-refractivity contribution in [2.24, 2.45) is 0 Å². The molecule has 0 bridgehead atoms. The van der Waals surface area contributed by atoms with Crippen molar-refractivity contribution >= 4 is 16.4 Å². The molecule has 2 N–H and O–H groups in total. The van der Waals surface area contributed by atoms with E-state index in [9.17, 15) is 13.2 Å². The predicted octanol–water partition coefficient (Wildman–Crippen LogP) is -0.153. The molecule has 0 aromatic rings. The molecule has 106 valence electrons. The van der Waals surface area contributed by atoms with Crippen LogP contribution in [-0.4, -0.2) is 60.8 Å². The minimum atomic E-state index is -4.25. The highest BCUT2D eigenvalue weighted by Crippen LogP contribution is 2.11. The van der Waals surface area contributed by atoms with Gasteiger partial charge in [0.1, 0.15) is 5.60 Å². The lowest BCUT2D eigenvalue weighted by atomic mass is 10.2. The van der Waals surface area contributed by atoms with Gasteiger partial charge < -0.3 is 9.64 Å². The SMILES string of the molecule is CC(C)(C)OC(=O)N1CCN(NS(=O)(=O)O)CC1. The first-order valence-electron chi connectivity index (χ1n) is 5.54. The average Bonchev–Trinajstić information content (AvgIpc) is 2.13. The number of hydrogen-bond donors (Lipinski definition) is 2. The molecule has 0 aromatic heterocycles. The summed E-state index contributed by atoms with van der Waals surface area (Å²) in [5, 5.41) is 1.33. The van der Waals surface area contributed by atoms with Crippen molar-refractivity contribution in [2.45, 2.75) is 26.4 Å². The third kappa shape index (κ3) is 5.63. The zero-order valence-corrected chi connectivity index (χ0v) is 11.5. The van der Waals surface area contributed by atoms with Crippen LogP contribution in [0, 0.1) is 0 Å². The van der Waals surface area contributed by atoms with Gasteiger partial charge >= 0.3 is 16.4 Å². The van der Waals surface area contributed by atoms with Crippen LogP contribution >= 0.6 is 0 Å². The lowest BCUT2D eigenvalue weighted by Gasteiger charge is -2.34. The largest absolute Gasteiger partial charge is 0.444 e. The lowest BCUT2D eigenvalue weighted by molar-refractivity contribution is 0.0124. The summed E-state index contributed by atoms with van der Waals surface area (Å²) in [5.41, 5.74) is -0.555. The van der Waals surface area contributed by atoms with Crippen molar-refractivity contribution in [2.75, 3.05) is 26.2 Å². The van der Waals surface area contributed by atoms with E-state index >= 15 is 0 Å². The van der Waals surface area contributed by atoms with Crippen molar-refractivity contribution in [3.63, 3.8) is 0 Å². The quantitative estimate of drug-likeness (QED) is 0.683. The van der Waals surface area contributed by atoms with Gasteiger partial charge in [0.15, 0.2) is 0 Å². The van der Waals surface area contributed by atoms with E-state index in [2.05, 4.69) is 0 Å². The fraction of sp³-hybridized carbons (Fsp3) is 0.889. The Balaban J connectivity index is 2.42. The highest BCUT2D eigenvalue weighted by atomic mass is 32.2. The molecule has 0 aliphatic carbocycles. The van der Waals surface area contributed by atoms with Gasteiger partial charge in [0.25, 0.3) is 0 Å². The van der Waals surface area contributed by atoms with Gasteiger partial charge in [-0.3, -0.25) is 4.55 Å². The van der Waals surface area contributed by atoms with Crippen molar-refractivity contribution in [3.8, 4) is 0 Å². The van der Waals surface area contributed by atoms with E-state index in [0.29, 0.717) is 26.2 Å². The van der Waals surface area contributed by atoms with Gasteiger partial charge in [0, 0.05) is 26.2 Å². The van der Waals surface area contributed by atoms with E-state index in [0.717, 1.165) is 0 Å². The zero-order valence-electron chi connectivity index (χ0n) is 10.7. The van der Waals surface area contributed by atoms with Gasteiger partial charge in [0.2, 0.25) is 0 Å². The third-order valence-corrected chi connectivity index (χ3v) is 2.66. The number of nitrogens with one attached hydrogen (secondary N) is 1. The van der Waals surface area contributed by atoms with E-state index in [1.165, 1.54) is 9.91 Å². The Bertz CT molecular complexity index is 395. The van der Waals surface area contributed by atoms with E-state index in [1.807, 2.05) is 4.83 Å². The summed E-state index contributed by atoms with van der Waals surface area (Å²) in [4.78, 5) is 15.1. The van der Waals surface area contributed by atoms with Crippen LogP contribution in [0.15, 0.2) is 0 Å². The monoisotopic (exact) mass is 281 g/mol. The number of ether oxygens (including phenoxy) is 1. The Morgan fingerprint density at radius 3 is 2.11 bits per heavy atom. The smallest absolute Gasteiger partial charge is 0.410 e. The van der Waals surface area contributed by atoms with Crippen LogP contribution in [0.3, 0.4) is 0 Å². The van der Waals surface area contributed by atoms with Crippen molar-refractivity contribution in [3.05, 3.63) is 0 Å². The number of nitrogens with zero attached hydrogens (tertiary/aromatic N) is 2. The standard InChI is InChI=1S/C9H19N3O5S/c1-9(2,3)17-8(13)11-4-6-12(7-5-11)10-18(14,15)16/h10H,4-7H2,1-3H3,(H,14,15,16). The summed E-state index contributed by atoms with van der Waals surface area (Å²) in [6, 6.07) is 0. The maximum absolute atomic E-state index is 11.7. The van der Waals surface area contributed by atoms with Gasteiger partial charge in [-0.25, -0.2) is 9.80 Å². The molecule has 0 radical (unpaired) electrons. The minimum Gasteiger partial charge on any atom is -0.444 e. The summed E-state index contributed by atoms with van der Waals surface area (Å²) in [7, 11) is -4.25. The van der Waals surface area contributed by atoms with E-state index in [-0.39, 0.29) is 0 Å². The molecule has 8 nitrogen and oxygen atoms in total. The average molecular weight is 281 g/mol. The summed E-state index contributed by atoms with van der Waals surface area (Å²) < 4.78 is 35.0. The summed E-state index contributed by atoms with van der Waals surface area (Å²) >= 11 is 0. The van der Waals surface area contributed by atoms with Crippen molar-refractivity contribution in [1.82, 2.24) is 14.7 Å². The molecule has 9 heteroatoms. The van der Waals surface area contributed by atoms with Crippen LogP contribution in [0.1, 0.15) is 20.8 Å². The molecule has 1 amide bonds. The van der Waals surface area contributed by atoms with Crippen LogP contribution in [0.4, 0.5) is 4.79 Å². The number of hydrazine groups is 1. The summed E-state index contributed by atoms with van der Waals surface area (Å²) in [6.07, 6.45) is -0.422. The van der Waals surface area contributed by atoms with E-state index in [4.69, 9.17) is 9.29 Å². The molecule has 0 atom stereocenters. The molecule has 0 spiro atoms. The lowest BCUT2D eigenvalue weighted by Crippen LogP contribution is -2.55. The van der Waals surface area contributed by atoms with Gasteiger partial charge in [-0.2, -0.15) is 8.42 Å². The molecule has 1 aliphatic heterocycles. The topological polar surface area (TPSA) is 99.2 Å². The Kier molecular flexibility index (Phi) is 4.54. The maximum Gasteiger partial charge on any atom is 0.410 e. The van der Waals surface area contributed by atoms with Crippen LogP contribution in [0.5, 0.6) is 0 Å². The number of carbonyl (C=O) groups is 1. The van der Waals surface area contributed by atoms with Gasteiger partial charge in [-0.1, -0.05) is 0 Å². The second-order valence-corrected chi connectivity index (χ2v) is 6.15. The first kappa shape index (κ1) is 15.2. The van der Waals surface area contributed by atoms with Crippen LogP contribution in [0.2, 0.25) is 0 Å². The molecule has 1 saturated heterocycles. The van der Waals surface area contributed by atoms with Crippen LogP contribution < -0.4 is 4.83 Å². The maximum atomic E-state index is 11.7. The molecule has 1 fully saturated rings. The molecular formula is C9H19N3O5S. The number of amides is 1. The van der Waals surface area contributed by atoms with Crippen LogP contribution in [0.25, 0.3) is 0 Å². The molecule has 1 rings (SSSR count). The Morgan fingerprint density at radius 2 is 1.72 bits per heavy atom. The van der Waals surface area contributed by atoms with Crippen LogP contribution in [-0.2, 0) is 15.0 Å². The molecule has 1 aliphatic rings. The Morgan fingerprint density at radius 1 is 1.22 bits per heavy atom. The Labute approximate surface area is 107 Å². The first-order chi connectivity index (χ1) is 8.07. The highest BCUT2D eigenvalue weighted by molar-refractivity contribution is 7.83. The minimum absolute atomic E-state index is 0.291. The van der Waals surface area contributed by atoms with Crippen molar-refractivity contribution < 1.29 is 22.5 Å². The van der Waals surface area contributed by atoms with E-state index in [1.54, 1.807) is 20.8 Å². The Hall–Kier alpha value is -0.900. The number of rotatable bonds is 2. The fourth-order valence-corrected chi connectivity index (χ4v) is 1.98.